The summed E-state index contributed by atoms with van der Waals surface area (Å²) >= 11 is 0. The van der Waals surface area contributed by atoms with Crippen LogP contribution in [0.25, 0.3) is 10.9 Å². The predicted octanol–water partition coefficient (Wildman–Crippen LogP) is 6.80. The number of nitrogens with zero attached hydrogens (tertiary/aromatic N) is 1. The molecule has 1 amide bonds. The van der Waals surface area contributed by atoms with Gasteiger partial charge in [-0.3, -0.25) is 4.79 Å². The number of unbranched alkanes of at least 4 members (excludes halogenated alkanes) is 1. The number of aromatic amines is 1. The molecule has 3 aromatic rings. The summed E-state index contributed by atoms with van der Waals surface area (Å²) in [5.74, 6) is 2.21. The Balaban J connectivity index is 0.00000180. The SMILES string of the molecule is C#CC(=O)N1[C@@H](CCCC)Cc2c([nH]c3ccccc23)[C@@H]1c1ccc(NC2CCCCC2)cc1.S.S. The Morgan fingerprint density at radius 1 is 1.08 bits per heavy atom. The van der Waals surface area contributed by atoms with Gasteiger partial charge in [0.1, 0.15) is 0 Å². The van der Waals surface area contributed by atoms with Crippen molar-refractivity contribution in [1.82, 2.24) is 9.88 Å². The molecule has 1 aliphatic carbocycles. The highest BCUT2D eigenvalue weighted by Gasteiger charge is 2.39. The maximum Gasteiger partial charge on any atom is 0.299 e. The van der Waals surface area contributed by atoms with E-state index in [-0.39, 0.29) is 45.0 Å². The van der Waals surface area contributed by atoms with Gasteiger partial charge in [0, 0.05) is 34.4 Å². The van der Waals surface area contributed by atoms with E-state index >= 15 is 0 Å². The molecule has 2 atom stereocenters. The van der Waals surface area contributed by atoms with Gasteiger partial charge < -0.3 is 15.2 Å². The van der Waals surface area contributed by atoms with Crippen LogP contribution < -0.4 is 5.32 Å². The smallest absolute Gasteiger partial charge is 0.299 e. The first-order chi connectivity index (χ1) is 16.7. The molecule has 1 fully saturated rings. The van der Waals surface area contributed by atoms with Gasteiger partial charge in [-0.05, 0) is 60.9 Å². The van der Waals surface area contributed by atoms with Gasteiger partial charge in [-0.15, -0.1) is 6.42 Å². The predicted molar refractivity (Wildman–Crippen MR) is 161 cm³/mol. The van der Waals surface area contributed by atoms with Crippen LogP contribution in [0.1, 0.15) is 81.2 Å². The number of benzene rings is 2. The van der Waals surface area contributed by atoms with Crippen molar-refractivity contribution in [2.75, 3.05) is 5.32 Å². The minimum Gasteiger partial charge on any atom is -0.382 e. The second-order valence-corrected chi connectivity index (χ2v) is 9.92. The third kappa shape index (κ3) is 5.58. The third-order valence-corrected chi connectivity index (χ3v) is 7.68. The molecule has 1 saturated carbocycles. The van der Waals surface area contributed by atoms with Crippen LogP contribution in [0.4, 0.5) is 5.69 Å². The molecule has 2 N–H and O–H groups in total. The summed E-state index contributed by atoms with van der Waals surface area (Å²) in [7, 11) is 0. The van der Waals surface area contributed by atoms with E-state index in [0.29, 0.717) is 6.04 Å². The molecule has 36 heavy (non-hydrogen) atoms. The lowest BCUT2D eigenvalue weighted by molar-refractivity contribution is -0.130. The van der Waals surface area contributed by atoms with Gasteiger partial charge in [-0.2, -0.15) is 27.0 Å². The van der Waals surface area contributed by atoms with Gasteiger partial charge in [0.25, 0.3) is 5.91 Å². The van der Waals surface area contributed by atoms with Gasteiger partial charge >= 0.3 is 0 Å². The highest BCUT2D eigenvalue weighted by Crippen LogP contribution is 2.42. The fourth-order valence-corrected chi connectivity index (χ4v) is 5.97. The third-order valence-electron chi connectivity index (χ3n) is 7.68. The first-order valence-corrected chi connectivity index (χ1v) is 12.9. The van der Waals surface area contributed by atoms with Gasteiger partial charge in [0.05, 0.1) is 6.04 Å². The van der Waals surface area contributed by atoms with Crippen LogP contribution >= 0.6 is 27.0 Å². The van der Waals surface area contributed by atoms with Crippen LogP contribution in [0, 0.1) is 12.3 Å². The van der Waals surface area contributed by atoms with Crippen molar-refractivity contribution in [3.63, 3.8) is 0 Å². The van der Waals surface area contributed by atoms with Crippen LogP contribution in [-0.4, -0.2) is 27.9 Å². The van der Waals surface area contributed by atoms with Crippen LogP contribution in [0.5, 0.6) is 0 Å². The van der Waals surface area contributed by atoms with Crippen molar-refractivity contribution < 1.29 is 4.79 Å². The number of nitrogens with one attached hydrogen (secondary N) is 2. The molecule has 4 nitrogen and oxygen atoms in total. The lowest BCUT2D eigenvalue weighted by Crippen LogP contribution is -2.47. The zero-order valence-electron chi connectivity index (χ0n) is 21.1. The standard InChI is InChI=1S/C30H35N3O.2H2S/c1-3-5-13-24-20-26-25-14-9-10-15-27(25)32-29(26)30(33(24)28(34)4-2)21-16-18-23(19-17-21)31-22-11-7-6-8-12-22;;/h2,9-10,14-19,22,24,30-32H,3,5-8,11-13,20H2,1H3;2*1H2/t24-,30-;;/m0../s1. The summed E-state index contributed by atoms with van der Waals surface area (Å²) in [5.41, 5.74) is 5.81. The van der Waals surface area contributed by atoms with Crippen LogP contribution in [0.2, 0.25) is 0 Å². The van der Waals surface area contributed by atoms with Crippen LogP contribution in [0.15, 0.2) is 48.5 Å². The molecular weight excluding hydrogens is 482 g/mol. The summed E-state index contributed by atoms with van der Waals surface area (Å²) in [6.45, 7) is 2.20. The Kier molecular flexibility index (Phi) is 9.87. The molecule has 2 heterocycles. The van der Waals surface area contributed by atoms with E-state index in [9.17, 15) is 4.79 Å². The molecule has 5 rings (SSSR count). The van der Waals surface area contributed by atoms with Crippen molar-refractivity contribution in [2.24, 2.45) is 0 Å². The maximum absolute atomic E-state index is 13.1. The van der Waals surface area contributed by atoms with Crippen LogP contribution in [-0.2, 0) is 11.2 Å². The number of anilines is 1. The topological polar surface area (TPSA) is 48.1 Å². The van der Waals surface area contributed by atoms with E-state index in [2.05, 4.69) is 71.7 Å². The molecule has 0 unspecified atom stereocenters. The molecule has 0 radical (unpaired) electrons. The van der Waals surface area contributed by atoms with Crippen molar-refractivity contribution in [1.29, 1.82) is 0 Å². The lowest BCUT2D eigenvalue weighted by Gasteiger charge is -2.41. The fourth-order valence-electron chi connectivity index (χ4n) is 5.97. The quantitative estimate of drug-likeness (QED) is 0.350. The zero-order valence-corrected chi connectivity index (χ0v) is 23.1. The number of amides is 1. The number of para-hydroxylation sites is 1. The normalized spacial score (nSPS) is 19.5. The minimum atomic E-state index is -0.222. The van der Waals surface area contributed by atoms with Gasteiger partial charge in [-0.1, -0.05) is 69.4 Å². The van der Waals surface area contributed by atoms with Crippen molar-refractivity contribution in [3.8, 4) is 12.3 Å². The zero-order chi connectivity index (χ0) is 23.5. The van der Waals surface area contributed by atoms with E-state index in [1.165, 1.54) is 43.1 Å². The summed E-state index contributed by atoms with van der Waals surface area (Å²) in [6.07, 6.45) is 16.1. The van der Waals surface area contributed by atoms with E-state index in [4.69, 9.17) is 6.42 Å². The number of fused-ring (bicyclic) bond motifs is 3. The number of rotatable bonds is 6. The number of hydrogen-bond donors (Lipinski definition) is 2. The summed E-state index contributed by atoms with van der Waals surface area (Å²) < 4.78 is 0. The van der Waals surface area contributed by atoms with E-state index in [1.54, 1.807) is 0 Å². The second kappa shape index (κ2) is 12.7. The van der Waals surface area contributed by atoms with Crippen molar-refractivity contribution in [2.45, 2.75) is 82.8 Å². The molecule has 0 saturated heterocycles. The molecule has 6 heteroatoms. The molecule has 1 aliphatic heterocycles. The number of carbonyl (C=O) groups excluding carboxylic acids is 1. The van der Waals surface area contributed by atoms with Crippen LogP contribution in [0.3, 0.4) is 0 Å². The summed E-state index contributed by atoms with van der Waals surface area (Å²) in [5, 5.41) is 4.97. The average Bonchev–Trinajstić information content (AvgIpc) is 3.25. The van der Waals surface area contributed by atoms with Crippen molar-refractivity contribution >= 4 is 49.5 Å². The molecule has 0 bridgehead atoms. The Bertz CT molecular complexity index is 1190. The van der Waals surface area contributed by atoms with Gasteiger partial charge in [0.15, 0.2) is 0 Å². The second-order valence-electron chi connectivity index (χ2n) is 9.92. The number of terminal acetylenes is 1. The number of H-pyrrole nitrogens is 1. The molecule has 0 spiro atoms. The molecular formula is C30H39N3OS2. The molecule has 2 aromatic carbocycles. The Labute approximate surface area is 229 Å². The number of hydrogen-bond acceptors (Lipinski definition) is 2. The Morgan fingerprint density at radius 2 is 1.81 bits per heavy atom. The lowest BCUT2D eigenvalue weighted by atomic mass is 9.86. The molecule has 2 aliphatic rings. The van der Waals surface area contributed by atoms with E-state index in [1.807, 2.05) is 4.90 Å². The average molecular weight is 522 g/mol. The highest BCUT2D eigenvalue weighted by atomic mass is 32.1. The highest BCUT2D eigenvalue weighted by molar-refractivity contribution is 7.59. The molecule has 1 aromatic heterocycles. The summed E-state index contributed by atoms with van der Waals surface area (Å²) in [4.78, 5) is 18.8. The van der Waals surface area contributed by atoms with Gasteiger partial charge in [0.2, 0.25) is 0 Å². The Morgan fingerprint density at radius 3 is 2.50 bits per heavy atom. The van der Waals surface area contributed by atoms with E-state index in [0.717, 1.165) is 48.1 Å². The van der Waals surface area contributed by atoms with E-state index < -0.39 is 0 Å². The number of carbonyl (C=O) groups is 1. The first-order valence-electron chi connectivity index (χ1n) is 12.9. The molecule has 192 valence electrons. The minimum absolute atomic E-state index is 0. The largest absolute Gasteiger partial charge is 0.382 e. The van der Waals surface area contributed by atoms with Gasteiger partial charge in [-0.25, -0.2) is 0 Å². The summed E-state index contributed by atoms with van der Waals surface area (Å²) in [6, 6.07) is 17.6. The monoisotopic (exact) mass is 521 g/mol. The van der Waals surface area contributed by atoms with Crippen molar-refractivity contribution in [3.05, 3.63) is 65.4 Å². The Hall–Kier alpha value is -2.49. The number of aromatic nitrogens is 1. The first kappa shape index (κ1) is 28.1. The fraction of sp³-hybridized carbons (Fsp3) is 0.433. The maximum atomic E-state index is 13.1.